The van der Waals surface area contributed by atoms with Crippen LogP contribution in [0.2, 0.25) is 0 Å². The van der Waals surface area contributed by atoms with Gasteiger partial charge in [-0.05, 0) is 52.1 Å². The maximum absolute atomic E-state index is 11.1. The van der Waals surface area contributed by atoms with Crippen molar-refractivity contribution < 1.29 is 19.3 Å². The Morgan fingerprint density at radius 3 is 1.49 bits per heavy atom. The number of anilines is 8. The summed E-state index contributed by atoms with van der Waals surface area (Å²) >= 11 is 0. The summed E-state index contributed by atoms with van der Waals surface area (Å²) in [4.78, 5) is 54.2. The molecule has 1 atom stereocenters. The van der Waals surface area contributed by atoms with E-state index in [4.69, 9.17) is 29.2 Å². The molecule has 0 amide bonds. The van der Waals surface area contributed by atoms with E-state index < -0.39 is 6.10 Å². The lowest BCUT2D eigenvalue weighted by molar-refractivity contribution is 0.108. The van der Waals surface area contributed by atoms with Gasteiger partial charge in [0.2, 0.25) is 35.7 Å². The monoisotopic (exact) mass is 966 g/mol. The molecule has 2 fully saturated rings. The molecular formula is C52H54N16O4. The lowest BCUT2D eigenvalue weighted by Crippen LogP contribution is -2.47. The van der Waals surface area contributed by atoms with Gasteiger partial charge >= 0.3 is 0 Å². The Balaban J connectivity index is 0.658. The molecule has 2 saturated heterocycles. The Kier molecular flexibility index (Phi) is 14.5. The van der Waals surface area contributed by atoms with E-state index in [1.807, 2.05) is 104 Å². The van der Waals surface area contributed by atoms with Crippen molar-refractivity contribution in [2.45, 2.75) is 18.9 Å². The molecule has 10 rings (SSSR count). The van der Waals surface area contributed by atoms with Gasteiger partial charge in [0.25, 0.3) is 0 Å². The van der Waals surface area contributed by atoms with Crippen LogP contribution in [0.4, 0.5) is 47.1 Å². The molecule has 0 spiro atoms. The van der Waals surface area contributed by atoms with E-state index in [0.29, 0.717) is 79.6 Å². The third kappa shape index (κ3) is 12.0. The predicted octanol–water partition coefficient (Wildman–Crippen LogP) is 6.09. The third-order valence-corrected chi connectivity index (χ3v) is 12.3. The van der Waals surface area contributed by atoms with E-state index >= 15 is 0 Å². The van der Waals surface area contributed by atoms with Crippen LogP contribution in [0.15, 0.2) is 135 Å². The van der Waals surface area contributed by atoms with E-state index in [1.165, 1.54) is 18.2 Å². The fraction of sp³-hybridized carbons (Fsp3) is 0.269. The first-order valence-corrected chi connectivity index (χ1v) is 23.7. The van der Waals surface area contributed by atoms with E-state index in [-0.39, 0.29) is 6.61 Å². The molecule has 366 valence electrons. The standard InChI is InChI=1S/C52H54N16O4/c1-70-44-26-42(27-45(28-44)71-2)62-48-58-35-60-52(64-48)68-21-17-66(18-22-68)50-55-31-39(32-56-50)24-37-9-6-10-43(25-37)72-33-46(69)40-11-13-41(14-12-40)61-47-57-34-59-51(63-47)67-19-15-65(16-20-67)49-53-29-38(30-54-49)23-36-7-4-3-5-8-36/h3-14,25-32,34-35,46,69H,15-24,33H2,1-2H3,(H,57,59,61,63)(H,58,60,62,64). The number of hydrogen-bond donors (Lipinski definition) is 3. The van der Waals surface area contributed by atoms with Crippen molar-refractivity contribution in [2.75, 3.05) is 103 Å². The number of benzene rings is 4. The van der Waals surface area contributed by atoms with Gasteiger partial charge in [-0.3, -0.25) is 0 Å². The minimum atomic E-state index is -0.841. The summed E-state index contributed by atoms with van der Waals surface area (Å²) in [6.45, 7) is 5.81. The largest absolute Gasteiger partial charge is 0.497 e. The number of aliphatic hydroxyl groups excluding tert-OH is 1. The second-order valence-corrected chi connectivity index (χ2v) is 17.2. The molecule has 4 aromatic carbocycles. The summed E-state index contributed by atoms with van der Waals surface area (Å²) in [5.41, 5.74) is 6.57. The number of ether oxygens (including phenoxy) is 3. The van der Waals surface area contributed by atoms with Gasteiger partial charge in [0, 0.05) is 120 Å². The molecule has 72 heavy (non-hydrogen) atoms. The zero-order chi connectivity index (χ0) is 49.1. The summed E-state index contributed by atoms with van der Waals surface area (Å²) in [5, 5.41) is 17.6. The number of nitrogens with one attached hydrogen (secondary N) is 2. The Bertz CT molecular complexity index is 2990. The third-order valence-electron chi connectivity index (χ3n) is 12.3. The van der Waals surface area contributed by atoms with Gasteiger partial charge in [-0.25, -0.2) is 39.9 Å². The Hall–Kier alpha value is -8.78. The average molecular weight is 967 g/mol. The van der Waals surface area contributed by atoms with Crippen LogP contribution < -0.4 is 44.4 Å². The van der Waals surface area contributed by atoms with Gasteiger partial charge in [0.1, 0.15) is 42.6 Å². The van der Waals surface area contributed by atoms with E-state index in [0.717, 1.165) is 72.2 Å². The van der Waals surface area contributed by atoms with Crippen molar-refractivity contribution in [3.8, 4) is 17.2 Å². The fourth-order valence-electron chi connectivity index (χ4n) is 8.43. The summed E-state index contributed by atoms with van der Waals surface area (Å²) in [6.07, 6.45) is 11.2. The molecule has 3 N–H and O–H groups in total. The minimum Gasteiger partial charge on any atom is -0.497 e. The van der Waals surface area contributed by atoms with Crippen LogP contribution in [0.1, 0.15) is 33.9 Å². The summed E-state index contributed by atoms with van der Waals surface area (Å²) < 4.78 is 16.8. The normalized spacial score (nSPS) is 14.2. The van der Waals surface area contributed by atoms with E-state index in [1.54, 1.807) is 20.3 Å². The van der Waals surface area contributed by atoms with Gasteiger partial charge in [0.05, 0.1) is 14.2 Å². The van der Waals surface area contributed by atoms with Crippen LogP contribution in [0.25, 0.3) is 0 Å². The molecular weight excluding hydrogens is 913 g/mol. The van der Waals surface area contributed by atoms with Crippen molar-refractivity contribution in [1.29, 1.82) is 0 Å². The highest BCUT2D eigenvalue weighted by Crippen LogP contribution is 2.28. The van der Waals surface area contributed by atoms with Gasteiger partial charge in [-0.15, -0.1) is 0 Å². The smallest absolute Gasteiger partial charge is 0.232 e. The highest BCUT2D eigenvalue weighted by Gasteiger charge is 2.23. The number of nitrogens with zero attached hydrogens (tertiary/aromatic N) is 14. The lowest BCUT2D eigenvalue weighted by atomic mass is 10.1. The van der Waals surface area contributed by atoms with Crippen molar-refractivity contribution >= 4 is 47.1 Å². The first kappa shape index (κ1) is 46.9. The van der Waals surface area contributed by atoms with Crippen LogP contribution in [0.5, 0.6) is 17.2 Å². The highest BCUT2D eigenvalue weighted by molar-refractivity contribution is 5.60. The van der Waals surface area contributed by atoms with Gasteiger partial charge in [0.15, 0.2) is 0 Å². The molecule has 1 unspecified atom stereocenters. The highest BCUT2D eigenvalue weighted by atomic mass is 16.5. The number of aliphatic hydroxyl groups is 1. The van der Waals surface area contributed by atoms with Crippen molar-refractivity contribution in [1.82, 2.24) is 49.8 Å². The molecule has 6 heterocycles. The minimum absolute atomic E-state index is 0.0847. The van der Waals surface area contributed by atoms with Crippen molar-refractivity contribution in [3.63, 3.8) is 0 Å². The molecule has 20 heteroatoms. The van der Waals surface area contributed by atoms with Gasteiger partial charge < -0.3 is 49.6 Å². The predicted molar refractivity (Wildman–Crippen MR) is 274 cm³/mol. The van der Waals surface area contributed by atoms with E-state index in [2.05, 4.69) is 77.3 Å². The maximum atomic E-state index is 11.1. The summed E-state index contributed by atoms with van der Waals surface area (Å²) in [6, 6.07) is 31.2. The topological polar surface area (TPSA) is 214 Å². The van der Waals surface area contributed by atoms with E-state index in [9.17, 15) is 5.11 Å². The fourth-order valence-corrected chi connectivity index (χ4v) is 8.43. The molecule has 0 radical (unpaired) electrons. The van der Waals surface area contributed by atoms with Crippen molar-refractivity contribution in [3.05, 3.63) is 162 Å². The average Bonchev–Trinajstić information content (AvgIpc) is 3.43. The number of hydrogen-bond acceptors (Lipinski definition) is 20. The van der Waals surface area contributed by atoms with Crippen LogP contribution in [0, 0.1) is 0 Å². The molecule has 0 bridgehead atoms. The first-order valence-electron chi connectivity index (χ1n) is 23.7. The lowest BCUT2D eigenvalue weighted by Gasteiger charge is -2.34. The number of piperazine rings is 2. The molecule has 0 aliphatic carbocycles. The van der Waals surface area contributed by atoms with Gasteiger partial charge in [-0.1, -0.05) is 54.6 Å². The molecule has 0 saturated carbocycles. The Morgan fingerprint density at radius 2 is 0.958 bits per heavy atom. The number of methoxy groups -OCH3 is 2. The second-order valence-electron chi connectivity index (χ2n) is 17.2. The Morgan fingerprint density at radius 1 is 0.472 bits per heavy atom. The first-order chi connectivity index (χ1) is 35.4. The molecule has 20 nitrogen and oxygen atoms in total. The second kappa shape index (κ2) is 22.3. The van der Waals surface area contributed by atoms with Gasteiger partial charge in [-0.2, -0.15) is 9.97 Å². The quantitative estimate of drug-likeness (QED) is 0.0888. The number of aromatic nitrogens is 10. The molecule has 4 aromatic heterocycles. The van der Waals surface area contributed by atoms with Crippen molar-refractivity contribution in [2.24, 2.45) is 0 Å². The molecule has 2 aliphatic rings. The summed E-state index contributed by atoms with van der Waals surface area (Å²) in [7, 11) is 3.21. The van der Waals surface area contributed by atoms with Crippen LogP contribution >= 0.6 is 0 Å². The van der Waals surface area contributed by atoms with Crippen LogP contribution in [-0.4, -0.2) is 128 Å². The molecule has 8 aromatic rings. The SMILES string of the molecule is COc1cc(Nc2ncnc(N3CCN(c4ncc(Cc5cccc(OCC(O)c6ccc(Nc7ncnc(N8CCN(c9ncc(Cc%10ccccc%10)cn9)CC8)n7)cc6)c5)cn4)CC3)n2)cc(OC)c1. The van der Waals surface area contributed by atoms with Crippen LogP contribution in [-0.2, 0) is 12.8 Å². The van der Waals surface area contributed by atoms with Crippen LogP contribution in [0.3, 0.4) is 0 Å². The summed E-state index contributed by atoms with van der Waals surface area (Å²) in [5.74, 6) is 5.42. The maximum Gasteiger partial charge on any atom is 0.232 e. The molecule has 2 aliphatic heterocycles. The zero-order valence-electron chi connectivity index (χ0n) is 40.0. The Labute approximate surface area is 416 Å². The zero-order valence-corrected chi connectivity index (χ0v) is 40.0. The number of rotatable bonds is 18.